The summed E-state index contributed by atoms with van der Waals surface area (Å²) in [5.41, 5.74) is 2.34. The fourth-order valence-electron chi connectivity index (χ4n) is 1.44. The summed E-state index contributed by atoms with van der Waals surface area (Å²) in [5, 5.41) is 9.97. The molecule has 0 spiro atoms. The molecule has 2 aromatic rings. The Kier molecular flexibility index (Phi) is 3.15. The third-order valence-corrected chi connectivity index (χ3v) is 2.91. The molecule has 1 aromatic carbocycles. The van der Waals surface area contributed by atoms with Crippen LogP contribution in [0.2, 0.25) is 5.02 Å². The van der Waals surface area contributed by atoms with Crippen LogP contribution < -0.4 is 5.32 Å². The van der Waals surface area contributed by atoms with E-state index in [0.29, 0.717) is 16.4 Å². The standard InChI is InChI=1S/C12H12ClN3O/c1-7-5-9(3-4-10(7)13)12(17)15-11-8(2)6-14-16-11/h3-6H,1-2H3,(H2,14,15,16,17). The molecule has 1 amide bonds. The van der Waals surface area contributed by atoms with E-state index in [2.05, 4.69) is 15.5 Å². The lowest BCUT2D eigenvalue weighted by molar-refractivity contribution is 0.102. The predicted molar refractivity (Wildman–Crippen MR) is 67.5 cm³/mol. The highest BCUT2D eigenvalue weighted by Crippen LogP contribution is 2.17. The molecule has 0 bridgehead atoms. The first-order chi connectivity index (χ1) is 8.08. The van der Waals surface area contributed by atoms with Crippen LogP contribution in [-0.4, -0.2) is 16.1 Å². The molecule has 0 saturated heterocycles. The van der Waals surface area contributed by atoms with Gasteiger partial charge in [0.2, 0.25) is 0 Å². The van der Waals surface area contributed by atoms with E-state index in [9.17, 15) is 4.79 Å². The molecule has 5 heteroatoms. The van der Waals surface area contributed by atoms with Gasteiger partial charge in [-0.15, -0.1) is 0 Å². The number of rotatable bonds is 2. The number of anilines is 1. The monoisotopic (exact) mass is 249 g/mol. The van der Waals surface area contributed by atoms with Gasteiger partial charge in [-0.1, -0.05) is 11.6 Å². The summed E-state index contributed by atoms with van der Waals surface area (Å²) in [4.78, 5) is 11.9. The average molecular weight is 250 g/mol. The Morgan fingerprint density at radius 2 is 2.12 bits per heavy atom. The van der Waals surface area contributed by atoms with E-state index in [1.54, 1.807) is 24.4 Å². The lowest BCUT2D eigenvalue weighted by Crippen LogP contribution is -2.13. The zero-order valence-corrected chi connectivity index (χ0v) is 10.3. The van der Waals surface area contributed by atoms with Gasteiger partial charge in [-0.2, -0.15) is 5.10 Å². The van der Waals surface area contributed by atoms with Crippen LogP contribution in [0.25, 0.3) is 0 Å². The highest BCUT2D eigenvalue weighted by Gasteiger charge is 2.09. The van der Waals surface area contributed by atoms with Crippen molar-refractivity contribution in [3.63, 3.8) is 0 Å². The minimum atomic E-state index is -0.183. The van der Waals surface area contributed by atoms with E-state index in [0.717, 1.165) is 11.1 Å². The molecule has 0 atom stereocenters. The van der Waals surface area contributed by atoms with Crippen LogP contribution in [-0.2, 0) is 0 Å². The number of carbonyl (C=O) groups is 1. The summed E-state index contributed by atoms with van der Waals surface area (Å²) in [6.45, 7) is 3.73. The fourth-order valence-corrected chi connectivity index (χ4v) is 1.56. The van der Waals surface area contributed by atoms with Crippen LogP contribution in [0.3, 0.4) is 0 Å². The number of aromatic nitrogens is 2. The molecule has 88 valence electrons. The number of aryl methyl sites for hydroxylation is 2. The molecule has 2 N–H and O–H groups in total. The SMILES string of the molecule is Cc1cc(C(=O)Nc2[nH]ncc2C)ccc1Cl. The maximum absolute atomic E-state index is 11.9. The lowest BCUT2D eigenvalue weighted by Gasteiger charge is -2.05. The van der Waals surface area contributed by atoms with Crippen LogP contribution in [0.4, 0.5) is 5.82 Å². The third kappa shape index (κ3) is 2.47. The van der Waals surface area contributed by atoms with Crippen molar-refractivity contribution in [1.29, 1.82) is 0 Å². The van der Waals surface area contributed by atoms with Crippen molar-refractivity contribution in [2.45, 2.75) is 13.8 Å². The van der Waals surface area contributed by atoms with Gasteiger partial charge >= 0.3 is 0 Å². The number of carbonyl (C=O) groups excluding carboxylic acids is 1. The predicted octanol–water partition coefficient (Wildman–Crippen LogP) is 2.93. The Morgan fingerprint density at radius 3 is 2.71 bits per heavy atom. The Bertz CT molecular complexity index is 563. The number of benzene rings is 1. The largest absolute Gasteiger partial charge is 0.307 e. The molecule has 0 saturated carbocycles. The van der Waals surface area contributed by atoms with Crippen LogP contribution in [0.1, 0.15) is 21.5 Å². The average Bonchev–Trinajstić information content (AvgIpc) is 2.68. The van der Waals surface area contributed by atoms with Crippen LogP contribution >= 0.6 is 11.6 Å². The molecule has 0 fully saturated rings. The van der Waals surface area contributed by atoms with Crippen LogP contribution in [0.15, 0.2) is 24.4 Å². The highest BCUT2D eigenvalue weighted by atomic mass is 35.5. The van der Waals surface area contributed by atoms with E-state index in [1.165, 1.54) is 0 Å². The summed E-state index contributed by atoms with van der Waals surface area (Å²) in [5.74, 6) is 0.430. The first-order valence-corrected chi connectivity index (χ1v) is 5.53. The number of aromatic amines is 1. The second-order valence-electron chi connectivity index (χ2n) is 3.85. The van der Waals surface area contributed by atoms with Crippen molar-refractivity contribution in [2.24, 2.45) is 0 Å². The maximum Gasteiger partial charge on any atom is 0.256 e. The summed E-state index contributed by atoms with van der Waals surface area (Å²) < 4.78 is 0. The number of hydrogen-bond acceptors (Lipinski definition) is 2. The number of H-pyrrole nitrogens is 1. The molecule has 0 radical (unpaired) electrons. The molecule has 0 aliphatic carbocycles. The van der Waals surface area contributed by atoms with E-state index in [4.69, 9.17) is 11.6 Å². The maximum atomic E-state index is 11.9. The molecule has 17 heavy (non-hydrogen) atoms. The van der Waals surface area contributed by atoms with Crippen LogP contribution in [0, 0.1) is 13.8 Å². The van der Waals surface area contributed by atoms with Gasteiger partial charge in [-0.05, 0) is 37.6 Å². The number of hydrogen-bond donors (Lipinski definition) is 2. The molecule has 1 heterocycles. The minimum absolute atomic E-state index is 0.183. The fraction of sp³-hybridized carbons (Fsp3) is 0.167. The van der Waals surface area contributed by atoms with Gasteiger partial charge in [0.15, 0.2) is 0 Å². The van der Waals surface area contributed by atoms with Gasteiger partial charge in [0, 0.05) is 16.1 Å². The van der Waals surface area contributed by atoms with Gasteiger partial charge in [0.05, 0.1) is 6.20 Å². The molecule has 0 aliphatic heterocycles. The van der Waals surface area contributed by atoms with Crippen molar-refractivity contribution in [3.8, 4) is 0 Å². The molecule has 1 aromatic heterocycles. The van der Waals surface area contributed by atoms with E-state index in [-0.39, 0.29) is 5.91 Å². The molecular formula is C12H12ClN3O. The lowest BCUT2D eigenvalue weighted by atomic mass is 10.1. The van der Waals surface area contributed by atoms with Crippen molar-refractivity contribution in [1.82, 2.24) is 10.2 Å². The highest BCUT2D eigenvalue weighted by molar-refractivity contribution is 6.31. The normalized spacial score (nSPS) is 10.3. The topological polar surface area (TPSA) is 57.8 Å². The molecule has 4 nitrogen and oxygen atoms in total. The van der Waals surface area contributed by atoms with Crippen LogP contribution in [0.5, 0.6) is 0 Å². The Hall–Kier alpha value is -1.81. The molecule has 2 rings (SSSR count). The quantitative estimate of drug-likeness (QED) is 0.860. The first kappa shape index (κ1) is 11.7. The first-order valence-electron chi connectivity index (χ1n) is 5.15. The summed E-state index contributed by atoms with van der Waals surface area (Å²) >= 11 is 5.91. The Morgan fingerprint density at radius 1 is 1.35 bits per heavy atom. The Labute approximate surface area is 104 Å². The molecule has 0 unspecified atom stereocenters. The molecule has 0 aliphatic rings. The van der Waals surface area contributed by atoms with Gasteiger partial charge in [0.1, 0.15) is 5.82 Å². The summed E-state index contributed by atoms with van der Waals surface area (Å²) in [7, 11) is 0. The summed E-state index contributed by atoms with van der Waals surface area (Å²) in [6.07, 6.45) is 1.66. The van der Waals surface area contributed by atoms with Gasteiger partial charge < -0.3 is 5.32 Å². The van der Waals surface area contributed by atoms with Crippen molar-refractivity contribution in [3.05, 3.63) is 46.1 Å². The number of nitrogens with one attached hydrogen (secondary N) is 2. The third-order valence-electron chi connectivity index (χ3n) is 2.49. The number of amides is 1. The Balaban J connectivity index is 2.20. The van der Waals surface area contributed by atoms with E-state index < -0.39 is 0 Å². The second-order valence-corrected chi connectivity index (χ2v) is 4.25. The zero-order valence-electron chi connectivity index (χ0n) is 9.54. The van der Waals surface area contributed by atoms with Crippen molar-refractivity contribution >= 4 is 23.3 Å². The van der Waals surface area contributed by atoms with E-state index in [1.807, 2.05) is 13.8 Å². The minimum Gasteiger partial charge on any atom is -0.307 e. The summed E-state index contributed by atoms with van der Waals surface area (Å²) in [6, 6.07) is 5.16. The van der Waals surface area contributed by atoms with Gasteiger partial charge in [-0.3, -0.25) is 9.89 Å². The van der Waals surface area contributed by atoms with E-state index >= 15 is 0 Å². The number of halogens is 1. The second kappa shape index (κ2) is 4.59. The smallest absolute Gasteiger partial charge is 0.256 e. The van der Waals surface area contributed by atoms with Gasteiger partial charge in [0.25, 0.3) is 5.91 Å². The number of nitrogens with zero attached hydrogens (tertiary/aromatic N) is 1. The zero-order chi connectivity index (χ0) is 12.4. The van der Waals surface area contributed by atoms with Crippen molar-refractivity contribution in [2.75, 3.05) is 5.32 Å². The van der Waals surface area contributed by atoms with Crippen molar-refractivity contribution < 1.29 is 4.79 Å². The van der Waals surface area contributed by atoms with Gasteiger partial charge in [-0.25, -0.2) is 0 Å². The molecular weight excluding hydrogens is 238 g/mol.